The van der Waals surface area contributed by atoms with Crippen molar-refractivity contribution in [1.82, 2.24) is 0 Å². The van der Waals surface area contributed by atoms with E-state index in [1.54, 1.807) is 0 Å². The second kappa shape index (κ2) is 5.54. The highest BCUT2D eigenvalue weighted by molar-refractivity contribution is 5.29. The van der Waals surface area contributed by atoms with Crippen LogP contribution in [0.4, 0.5) is 0 Å². The number of hydrogen-bond acceptors (Lipinski definition) is 2. The Labute approximate surface area is 104 Å². The van der Waals surface area contributed by atoms with Gasteiger partial charge in [-0.05, 0) is 49.8 Å². The summed E-state index contributed by atoms with van der Waals surface area (Å²) in [5.74, 6) is 1.66. The lowest BCUT2D eigenvalue weighted by atomic mass is 9.88. The molecule has 0 amide bonds. The molecule has 1 aliphatic rings. The van der Waals surface area contributed by atoms with Crippen molar-refractivity contribution in [3.05, 3.63) is 29.8 Å². The first kappa shape index (κ1) is 12.4. The number of benzene rings is 1. The Balaban J connectivity index is 1.98. The molecule has 2 nitrogen and oxygen atoms in total. The normalized spacial score (nSPS) is 26.5. The smallest absolute Gasteiger partial charge is 0.119 e. The third-order valence-electron chi connectivity index (χ3n) is 3.73. The molecule has 3 unspecified atom stereocenters. The third kappa shape index (κ3) is 3.22. The number of nitrogens with two attached hydrogens (primary N) is 1. The first-order chi connectivity index (χ1) is 8.16. The zero-order valence-corrected chi connectivity index (χ0v) is 10.9. The Hall–Kier alpha value is -1.02. The van der Waals surface area contributed by atoms with Gasteiger partial charge in [0, 0.05) is 6.04 Å². The molecule has 0 spiro atoms. The average Bonchev–Trinajstić information content (AvgIpc) is 2.33. The van der Waals surface area contributed by atoms with E-state index in [2.05, 4.69) is 19.1 Å². The molecule has 2 N–H and O–H groups in total. The fourth-order valence-corrected chi connectivity index (χ4v) is 2.48. The molecule has 0 heterocycles. The zero-order chi connectivity index (χ0) is 12.3. The van der Waals surface area contributed by atoms with E-state index in [1.807, 2.05) is 19.1 Å². The van der Waals surface area contributed by atoms with Crippen LogP contribution in [0.15, 0.2) is 24.3 Å². The monoisotopic (exact) mass is 233 g/mol. The van der Waals surface area contributed by atoms with Gasteiger partial charge in [-0.3, -0.25) is 0 Å². The van der Waals surface area contributed by atoms with Crippen LogP contribution < -0.4 is 10.5 Å². The maximum Gasteiger partial charge on any atom is 0.119 e. The Morgan fingerprint density at radius 2 is 1.82 bits per heavy atom. The summed E-state index contributed by atoms with van der Waals surface area (Å²) in [7, 11) is 0. The Bertz CT molecular complexity index is 344. The highest BCUT2D eigenvalue weighted by Crippen LogP contribution is 2.28. The van der Waals surface area contributed by atoms with E-state index in [0.29, 0.717) is 12.0 Å². The highest BCUT2D eigenvalue weighted by atomic mass is 16.5. The van der Waals surface area contributed by atoms with Gasteiger partial charge in [-0.25, -0.2) is 0 Å². The summed E-state index contributed by atoms with van der Waals surface area (Å²) in [6.45, 7) is 4.29. The second-order valence-electron chi connectivity index (χ2n) is 5.28. The lowest BCUT2D eigenvalue weighted by molar-refractivity contribution is 0.102. The van der Waals surface area contributed by atoms with Gasteiger partial charge in [-0.2, -0.15) is 0 Å². The van der Waals surface area contributed by atoms with Gasteiger partial charge in [-0.1, -0.05) is 25.5 Å². The van der Waals surface area contributed by atoms with E-state index >= 15 is 0 Å². The van der Waals surface area contributed by atoms with Crippen LogP contribution in [0.3, 0.4) is 0 Å². The van der Waals surface area contributed by atoms with Crippen LogP contribution in [0.5, 0.6) is 5.75 Å². The molecule has 3 atom stereocenters. The van der Waals surface area contributed by atoms with Gasteiger partial charge < -0.3 is 10.5 Å². The summed E-state index contributed by atoms with van der Waals surface area (Å²) >= 11 is 0. The Morgan fingerprint density at radius 1 is 1.18 bits per heavy atom. The van der Waals surface area contributed by atoms with Gasteiger partial charge in [0.05, 0.1) is 0 Å². The lowest BCUT2D eigenvalue weighted by Crippen LogP contribution is -2.28. The summed E-state index contributed by atoms with van der Waals surface area (Å²) in [6, 6.07) is 8.30. The topological polar surface area (TPSA) is 35.2 Å². The first-order valence-electron chi connectivity index (χ1n) is 6.69. The standard InChI is InChI=1S/C15H23NO/c1-11-5-3-4-6-15(11)17-14-9-7-13(8-10-14)12(2)16/h7-12,15H,3-6,16H2,1-2H3. The average molecular weight is 233 g/mol. The van der Waals surface area contributed by atoms with Crippen molar-refractivity contribution in [3.8, 4) is 5.75 Å². The fourth-order valence-electron chi connectivity index (χ4n) is 2.48. The maximum absolute atomic E-state index is 6.06. The molecule has 0 saturated heterocycles. The van der Waals surface area contributed by atoms with Crippen LogP contribution in [-0.2, 0) is 0 Å². The lowest BCUT2D eigenvalue weighted by Gasteiger charge is -2.29. The molecular formula is C15H23NO. The maximum atomic E-state index is 6.06. The molecule has 1 aromatic rings. The van der Waals surface area contributed by atoms with E-state index in [9.17, 15) is 0 Å². The van der Waals surface area contributed by atoms with Crippen LogP contribution in [0.2, 0.25) is 0 Å². The third-order valence-corrected chi connectivity index (χ3v) is 3.73. The minimum absolute atomic E-state index is 0.0951. The molecule has 2 rings (SSSR count). The summed E-state index contributed by atoms with van der Waals surface area (Å²) < 4.78 is 6.06. The number of hydrogen-bond donors (Lipinski definition) is 1. The SMILES string of the molecule is CC(N)c1ccc(OC2CCCCC2C)cc1. The molecule has 1 aliphatic carbocycles. The Kier molecular flexibility index (Phi) is 4.06. The first-order valence-corrected chi connectivity index (χ1v) is 6.69. The minimum atomic E-state index is 0.0951. The van der Waals surface area contributed by atoms with E-state index in [1.165, 1.54) is 25.7 Å². The van der Waals surface area contributed by atoms with Crippen molar-refractivity contribution in [1.29, 1.82) is 0 Å². The largest absolute Gasteiger partial charge is 0.490 e. The molecule has 0 bridgehead atoms. The second-order valence-corrected chi connectivity index (χ2v) is 5.28. The van der Waals surface area contributed by atoms with Gasteiger partial charge in [0.15, 0.2) is 0 Å². The zero-order valence-electron chi connectivity index (χ0n) is 10.9. The van der Waals surface area contributed by atoms with Crippen molar-refractivity contribution >= 4 is 0 Å². The van der Waals surface area contributed by atoms with Crippen LogP contribution in [0.25, 0.3) is 0 Å². The molecule has 1 aromatic carbocycles. The number of rotatable bonds is 3. The van der Waals surface area contributed by atoms with Crippen molar-refractivity contribution in [2.45, 2.75) is 51.7 Å². The van der Waals surface area contributed by atoms with Crippen molar-refractivity contribution in [3.63, 3.8) is 0 Å². The summed E-state index contributed by atoms with van der Waals surface area (Å²) in [5.41, 5.74) is 6.99. The molecular weight excluding hydrogens is 210 g/mol. The number of ether oxygens (including phenoxy) is 1. The molecule has 1 fully saturated rings. The molecule has 2 heteroatoms. The van der Waals surface area contributed by atoms with E-state index in [4.69, 9.17) is 10.5 Å². The van der Waals surface area contributed by atoms with Gasteiger partial charge in [-0.15, -0.1) is 0 Å². The molecule has 17 heavy (non-hydrogen) atoms. The van der Waals surface area contributed by atoms with Crippen LogP contribution in [-0.4, -0.2) is 6.10 Å². The van der Waals surface area contributed by atoms with Crippen molar-refractivity contribution < 1.29 is 4.74 Å². The summed E-state index contributed by atoms with van der Waals surface area (Å²) in [4.78, 5) is 0. The molecule has 1 saturated carbocycles. The van der Waals surface area contributed by atoms with Crippen LogP contribution >= 0.6 is 0 Å². The predicted octanol–water partition coefficient (Wildman–Crippen LogP) is 3.66. The molecule has 0 aliphatic heterocycles. The molecule has 0 aromatic heterocycles. The predicted molar refractivity (Wildman–Crippen MR) is 71.1 cm³/mol. The molecule has 0 radical (unpaired) electrons. The molecule has 94 valence electrons. The van der Waals surface area contributed by atoms with E-state index < -0.39 is 0 Å². The quantitative estimate of drug-likeness (QED) is 0.864. The fraction of sp³-hybridized carbons (Fsp3) is 0.600. The summed E-state index contributed by atoms with van der Waals surface area (Å²) in [5, 5.41) is 0. The summed E-state index contributed by atoms with van der Waals surface area (Å²) in [6.07, 6.45) is 5.53. The van der Waals surface area contributed by atoms with Crippen LogP contribution in [0, 0.1) is 5.92 Å². The minimum Gasteiger partial charge on any atom is -0.490 e. The van der Waals surface area contributed by atoms with Gasteiger partial charge >= 0.3 is 0 Å². The van der Waals surface area contributed by atoms with Gasteiger partial charge in [0.2, 0.25) is 0 Å². The van der Waals surface area contributed by atoms with Gasteiger partial charge in [0.1, 0.15) is 11.9 Å². The van der Waals surface area contributed by atoms with Gasteiger partial charge in [0.25, 0.3) is 0 Å². The highest BCUT2D eigenvalue weighted by Gasteiger charge is 2.22. The van der Waals surface area contributed by atoms with E-state index in [0.717, 1.165) is 11.3 Å². The van der Waals surface area contributed by atoms with Crippen molar-refractivity contribution in [2.24, 2.45) is 11.7 Å². The van der Waals surface area contributed by atoms with Crippen LogP contribution in [0.1, 0.15) is 51.1 Å². The van der Waals surface area contributed by atoms with Crippen molar-refractivity contribution in [2.75, 3.05) is 0 Å². The Morgan fingerprint density at radius 3 is 2.41 bits per heavy atom. The van der Waals surface area contributed by atoms with E-state index in [-0.39, 0.29) is 6.04 Å².